The van der Waals surface area contributed by atoms with Crippen molar-refractivity contribution in [2.45, 2.75) is 26.1 Å². The molecule has 0 saturated heterocycles. The van der Waals surface area contributed by atoms with Crippen molar-refractivity contribution in [3.05, 3.63) is 71.8 Å². The molecule has 2 N–H and O–H groups in total. The number of carbonyl (C=O) groups excluding carboxylic acids is 1. The highest BCUT2D eigenvalue weighted by atomic mass is 16.2. The van der Waals surface area contributed by atoms with Crippen LogP contribution in [0, 0.1) is 0 Å². The van der Waals surface area contributed by atoms with Crippen molar-refractivity contribution in [1.82, 2.24) is 9.80 Å². The largest absolute Gasteiger partial charge is 0.341 e. The number of hydrogen-bond acceptors (Lipinski definition) is 3. The second kappa shape index (κ2) is 9.21. The molecule has 1 unspecified atom stereocenters. The fraction of sp³-hybridized carbons (Fsp3) is 0.350. The first-order chi connectivity index (χ1) is 11.6. The average molecular weight is 325 g/mol. The third-order valence-corrected chi connectivity index (χ3v) is 4.25. The maximum atomic E-state index is 12.6. The Balaban J connectivity index is 2.08. The van der Waals surface area contributed by atoms with Crippen molar-refractivity contribution in [3.8, 4) is 0 Å². The van der Waals surface area contributed by atoms with Crippen molar-refractivity contribution in [1.29, 1.82) is 0 Å². The number of nitrogens with two attached hydrogens (primary N) is 1. The Morgan fingerprint density at radius 1 is 0.958 bits per heavy atom. The van der Waals surface area contributed by atoms with E-state index in [1.807, 2.05) is 50.4 Å². The molecule has 0 spiro atoms. The summed E-state index contributed by atoms with van der Waals surface area (Å²) in [6, 6.07) is 20.5. The second-order valence-electron chi connectivity index (χ2n) is 6.21. The molecule has 24 heavy (non-hydrogen) atoms. The van der Waals surface area contributed by atoms with Crippen molar-refractivity contribution >= 4 is 5.91 Å². The molecule has 1 atom stereocenters. The van der Waals surface area contributed by atoms with Crippen molar-refractivity contribution in [2.75, 3.05) is 20.1 Å². The van der Waals surface area contributed by atoms with Crippen LogP contribution in [0.5, 0.6) is 0 Å². The molecule has 0 radical (unpaired) electrons. The van der Waals surface area contributed by atoms with Gasteiger partial charge in [0.1, 0.15) is 0 Å². The number of amides is 1. The van der Waals surface area contributed by atoms with Gasteiger partial charge in [0.2, 0.25) is 5.91 Å². The highest BCUT2D eigenvalue weighted by Gasteiger charge is 2.18. The maximum Gasteiger partial charge on any atom is 0.236 e. The van der Waals surface area contributed by atoms with Crippen LogP contribution in [0.1, 0.15) is 18.1 Å². The summed E-state index contributed by atoms with van der Waals surface area (Å²) in [5.41, 5.74) is 8.09. The summed E-state index contributed by atoms with van der Waals surface area (Å²) in [6.45, 7) is 4.31. The fourth-order valence-electron chi connectivity index (χ4n) is 2.56. The first kappa shape index (κ1) is 18.2. The molecular weight excluding hydrogens is 298 g/mol. The first-order valence-corrected chi connectivity index (χ1v) is 8.36. The molecule has 0 aliphatic carbocycles. The van der Waals surface area contributed by atoms with Crippen LogP contribution in [0.3, 0.4) is 0 Å². The van der Waals surface area contributed by atoms with Gasteiger partial charge in [0.15, 0.2) is 0 Å². The van der Waals surface area contributed by atoms with Gasteiger partial charge in [-0.3, -0.25) is 9.69 Å². The van der Waals surface area contributed by atoms with E-state index < -0.39 is 0 Å². The zero-order valence-electron chi connectivity index (χ0n) is 14.6. The van der Waals surface area contributed by atoms with Crippen LogP contribution in [0.25, 0.3) is 0 Å². The fourth-order valence-corrected chi connectivity index (χ4v) is 2.56. The molecule has 0 fully saturated rings. The lowest BCUT2D eigenvalue weighted by Crippen LogP contribution is -2.44. The zero-order valence-corrected chi connectivity index (χ0v) is 14.6. The summed E-state index contributed by atoms with van der Waals surface area (Å²) in [6.07, 6.45) is 0. The van der Waals surface area contributed by atoms with Crippen LogP contribution in [-0.2, 0) is 17.9 Å². The Hall–Kier alpha value is -2.17. The van der Waals surface area contributed by atoms with Gasteiger partial charge in [-0.25, -0.2) is 0 Å². The summed E-state index contributed by atoms with van der Waals surface area (Å²) in [5.74, 6) is 0.0970. The lowest BCUT2D eigenvalue weighted by Gasteiger charge is -2.28. The van der Waals surface area contributed by atoms with Gasteiger partial charge in [0, 0.05) is 32.7 Å². The predicted octanol–water partition coefficient (Wildman–Crippen LogP) is 2.49. The predicted molar refractivity (Wildman–Crippen MR) is 98.3 cm³/mol. The second-order valence-corrected chi connectivity index (χ2v) is 6.21. The molecule has 4 nitrogen and oxygen atoms in total. The molecule has 0 aliphatic heterocycles. The van der Waals surface area contributed by atoms with Crippen molar-refractivity contribution in [3.63, 3.8) is 0 Å². The normalized spacial score (nSPS) is 12.2. The van der Waals surface area contributed by atoms with Crippen molar-refractivity contribution < 1.29 is 4.79 Å². The first-order valence-electron chi connectivity index (χ1n) is 8.36. The standard InChI is InChI=1S/C20H27N3O/c1-17(13-21)22(2)20(24)16-23(14-18-9-5-3-6-10-18)15-19-11-7-4-8-12-19/h3-12,17H,13-16,21H2,1-2H3. The molecule has 0 saturated carbocycles. The molecule has 2 rings (SSSR count). The molecule has 4 heteroatoms. The number of benzene rings is 2. The smallest absolute Gasteiger partial charge is 0.236 e. The molecule has 1 amide bonds. The van der Waals surface area contributed by atoms with E-state index in [1.165, 1.54) is 11.1 Å². The quantitative estimate of drug-likeness (QED) is 0.811. The van der Waals surface area contributed by atoms with Gasteiger partial charge in [0.05, 0.1) is 6.54 Å². The molecule has 0 aliphatic rings. The molecule has 2 aromatic rings. The van der Waals surface area contributed by atoms with E-state index >= 15 is 0 Å². The lowest BCUT2D eigenvalue weighted by atomic mass is 10.1. The molecule has 128 valence electrons. The molecule has 2 aromatic carbocycles. The van der Waals surface area contributed by atoms with Gasteiger partial charge in [-0.2, -0.15) is 0 Å². The Bertz CT molecular complexity index is 574. The van der Waals surface area contributed by atoms with Gasteiger partial charge in [-0.05, 0) is 18.1 Å². The Morgan fingerprint density at radius 3 is 1.83 bits per heavy atom. The van der Waals surface area contributed by atoms with E-state index in [9.17, 15) is 4.79 Å². The summed E-state index contributed by atoms with van der Waals surface area (Å²) >= 11 is 0. The zero-order chi connectivity index (χ0) is 17.4. The third kappa shape index (κ3) is 5.48. The lowest BCUT2D eigenvalue weighted by molar-refractivity contribution is -0.133. The van der Waals surface area contributed by atoms with E-state index in [0.29, 0.717) is 13.1 Å². The van der Waals surface area contributed by atoms with Gasteiger partial charge in [-0.15, -0.1) is 0 Å². The SMILES string of the molecule is CC(CN)N(C)C(=O)CN(Cc1ccccc1)Cc1ccccc1. The van der Waals surface area contributed by atoms with Crippen molar-refractivity contribution in [2.24, 2.45) is 5.73 Å². The molecular formula is C20H27N3O. The summed E-state index contributed by atoms with van der Waals surface area (Å²) in [5, 5.41) is 0. The Morgan fingerprint density at radius 2 is 1.42 bits per heavy atom. The Labute approximate surface area is 144 Å². The van der Waals surface area contributed by atoms with Gasteiger partial charge < -0.3 is 10.6 Å². The Kier molecular flexibility index (Phi) is 6.97. The van der Waals surface area contributed by atoms with E-state index in [0.717, 1.165) is 13.1 Å². The van der Waals surface area contributed by atoms with Crippen LogP contribution in [0.4, 0.5) is 0 Å². The van der Waals surface area contributed by atoms with Crippen LogP contribution in [-0.4, -0.2) is 41.9 Å². The van der Waals surface area contributed by atoms with Crippen LogP contribution in [0.15, 0.2) is 60.7 Å². The number of carbonyl (C=O) groups is 1. The van der Waals surface area contributed by atoms with E-state index in [1.54, 1.807) is 4.90 Å². The van der Waals surface area contributed by atoms with Gasteiger partial charge in [-0.1, -0.05) is 60.7 Å². The van der Waals surface area contributed by atoms with Gasteiger partial charge in [0.25, 0.3) is 0 Å². The number of rotatable bonds is 8. The number of hydrogen-bond donors (Lipinski definition) is 1. The third-order valence-electron chi connectivity index (χ3n) is 4.25. The van der Waals surface area contributed by atoms with Crippen LogP contribution < -0.4 is 5.73 Å². The number of likely N-dealkylation sites (N-methyl/N-ethyl adjacent to an activating group) is 1. The highest BCUT2D eigenvalue weighted by Crippen LogP contribution is 2.11. The average Bonchev–Trinajstić information content (AvgIpc) is 2.62. The summed E-state index contributed by atoms with van der Waals surface area (Å²) in [7, 11) is 1.82. The molecule has 0 bridgehead atoms. The highest BCUT2D eigenvalue weighted by molar-refractivity contribution is 5.78. The minimum Gasteiger partial charge on any atom is -0.341 e. The minimum absolute atomic E-state index is 0.0489. The molecule has 0 heterocycles. The van der Waals surface area contributed by atoms with Gasteiger partial charge >= 0.3 is 0 Å². The molecule has 0 aromatic heterocycles. The number of nitrogens with zero attached hydrogens (tertiary/aromatic N) is 2. The summed E-state index contributed by atoms with van der Waals surface area (Å²) < 4.78 is 0. The van der Waals surface area contributed by atoms with Crippen LogP contribution in [0.2, 0.25) is 0 Å². The van der Waals surface area contributed by atoms with E-state index in [2.05, 4.69) is 29.2 Å². The monoisotopic (exact) mass is 325 g/mol. The topological polar surface area (TPSA) is 49.6 Å². The minimum atomic E-state index is 0.0489. The van der Waals surface area contributed by atoms with E-state index in [-0.39, 0.29) is 11.9 Å². The summed E-state index contributed by atoms with van der Waals surface area (Å²) in [4.78, 5) is 16.5. The van der Waals surface area contributed by atoms with Crippen LogP contribution >= 0.6 is 0 Å². The maximum absolute atomic E-state index is 12.6. The van der Waals surface area contributed by atoms with E-state index in [4.69, 9.17) is 5.73 Å².